The van der Waals surface area contributed by atoms with E-state index in [0.717, 1.165) is 17.3 Å². The molecule has 0 unspecified atom stereocenters. The number of nitrogens with one attached hydrogen (secondary N) is 3. The summed E-state index contributed by atoms with van der Waals surface area (Å²) in [6, 6.07) is 3.78. The van der Waals surface area contributed by atoms with Crippen molar-refractivity contribution in [3.63, 3.8) is 0 Å². The zero-order valence-corrected chi connectivity index (χ0v) is 10.6. The Hall–Kier alpha value is -2.08. The topological polar surface area (TPSA) is 91.7 Å². The summed E-state index contributed by atoms with van der Waals surface area (Å²) >= 11 is 0. The number of nitrogens with two attached hydrogens (primary N) is 1. The molecule has 2 aromatic rings. The van der Waals surface area contributed by atoms with Crippen molar-refractivity contribution in [2.24, 2.45) is 5.73 Å². The predicted molar refractivity (Wildman–Crippen MR) is 72.9 cm³/mol. The first-order chi connectivity index (χ1) is 8.59. The molecule has 0 saturated carbocycles. The highest BCUT2D eigenvalue weighted by atomic mass is 15.1. The van der Waals surface area contributed by atoms with Crippen molar-refractivity contribution in [3.05, 3.63) is 30.9 Å². The molecule has 0 spiro atoms. The maximum Gasteiger partial charge on any atom is 0.135 e. The molecule has 0 aliphatic heterocycles. The first-order valence-electron chi connectivity index (χ1n) is 5.79. The Morgan fingerprint density at radius 2 is 2.11 bits per heavy atom. The van der Waals surface area contributed by atoms with Gasteiger partial charge in [-0.05, 0) is 19.9 Å². The van der Waals surface area contributed by atoms with Gasteiger partial charge in [0.05, 0.1) is 5.69 Å². The maximum absolute atomic E-state index is 5.68. The molecule has 0 fully saturated rings. The fourth-order valence-electron chi connectivity index (χ4n) is 1.44. The minimum atomic E-state index is -0.195. The Kier molecular flexibility index (Phi) is 3.47. The van der Waals surface area contributed by atoms with Crippen LogP contribution in [0.3, 0.4) is 0 Å². The molecule has 0 amide bonds. The van der Waals surface area contributed by atoms with Crippen molar-refractivity contribution in [2.45, 2.75) is 19.4 Å². The molecule has 2 heterocycles. The molecule has 2 rings (SSSR count). The van der Waals surface area contributed by atoms with Gasteiger partial charge in [-0.1, -0.05) is 0 Å². The highest BCUT2D eigenvalue weighted by Crippen LogP contribution is 2.17. The molecule has 0 saturated heterocycles. The molecular formula is C12H18N6. The summed E-state index contributed by atoms with van der Waals surface area (Å²) in [5.74, 6) is 1.48. The van der Waals surface area contributed by atoms with Gasteiger partial charge in [0.2, 0.25) is 0 Å². The predicted octanol–water partition coefficient (Wildman–Crippen LogP) is 1.70. The lowest BCUT2D eigenvalue weighted by atomic mass is 10.1. The first kappa shape index (κ1) is 12.4. The lowest BCUT2D eigenvalue weighted by molar-refractivity contribution is 0.577. The summed E-state index contributed by atoms with van der Waals surface area (Å²) in [4.78, 5) is 11.3. The Balaban J connectivity index is 2.10. The third-order valence-corrected chi connectivity index (χ3v) is 2.51. The fraction of sp³-hybridized carbons (Fsp3) is 0.333. The lowest BCUT2D eigenvalue weighted by Crippen LogP contribution is -2.39. The number of rotatable bonds is 5. The van der Waals surface area contributed by atoms with Crippen LogP contribution in [0.25, 0.3) is 0 Å². The number of nitrogens with zero attached hydrogens (tertiary/aromatic N) is 2. The molecule has 0 aliphatic carbocycles. The van der Waals surface area contributed by atoms with Crippen molar-refractivity contribution >= 4 is 17.3 Å². The molecule has 96 valence electrons. The Morgan fingerprint density at radius 1 is 1.33 bits per heavy atom. The second-order valence-corrected chi connectivity index (χ2v) is 4.73. The molecule has 0 aliphatic rings. The van der Waals surface area contributed by atoms with Crippen LogP contribution in [0.2, 0.25) is 0 Å². The molecule has 0 bridgehead atoms. The molecule has 0 aromatic carbocycles. The van der Waals surface area contributed by atoms with E-state index in [9.17, 15) is 0 Å². The molecule has 6 heteroatoms. The molecule has 0 radical (unpaired) electrons. The number of anilines is 3. The van der Waals surface area contributed by atoms with Crippen LogP contribution in [0.15, 0.2) is 30.9 Å². The van der Waals surface area contributed by atoms with Gasteiger partial charge in [0.15, 0.2) is 0 Å². The van der Waals surface area contributed by atoms with Crippen LogP contribution >= 0.6 is 0 Å². The summed E-state index contributed by atoms with van der Waals surface area (Å²) in [7, 11) is 0. The van der Waals surface area contributed by atoms with Crippen molar-refractivity contribution < 1.29 is 0 Å². The van der Waals surface area contributed by atoms with Gasteiger partial charge in [0.25, 0.3) is 0 Å². The number of H-pyrrole nitrogens is 1. The molecule has 18 heavy (non-hydrogen) atoms. The van der Waals surface area contributed by atoms with E-state index in [4.69, 9.17) is 5.73 Å². The largest absolute Gasteiger partial charge is 0.366 e. The van der Waals surface area contributed by atoms with Crippen molar-refractivity contribution in [1.29, 1.82) is 0 Å². The van der Waals surface area contributed by atoms with Crippen molar-refractivity contribution in [1.82, 2.24) is 15.0 Å². The van der Waals surface area contributed by atoms with Crippen LogP contribution < -0.4 is 16.4 Å². The van der Waals surface area contributed by atoms with Gasteiger partial charge in [0, 0.05) is 30.5 Å². The van der Waals surface area contributed by atoms with Gasteiger partial charge in [0.1, 0.15) is 18.0 Å². The Labute approximate surface area is 106 Å². The monoisotopic (exact) mass is 246 g/mol. The Morgan fingerprint density at radius 3 is 2.78 bits per heavy atom. The van der Waals surface area contributed by atoms with E-state index in [2.05, 4.69) is 25.6 Å². The lowest BCUT2D eigenvalue weighted by Gasteiger charge is -2.24. The van der Waals surface area contributed by atoms with E-state index in [1.165, 1.54) is 6.33 Å². The van der Waals surface area contributed by atoms with Gasteiger partial charge in [-0.15, -0.1) is 0 Å². The maximum atomic E-state index is 5.68. The summed E-state index contributed by atoms with van der Waals surface area (Å²) in [6.07, 6.45) is 5.23. The fourth-order valence-corrected chi connectivity index (χ4v) is 1.44. The first-order valence-corrected chi connectivity index (χ1v) is 5.79. The highest BCUT2D eigenvalue weighted by Gasteiger charge is 2.15. The van der Waals surface area contributed by atoms with Crippen LogP contribution in [0.5, 0.6) is 0 Å². The molecular weight excluding hydrogens is 228 g/mol. The zero-order valence-electron chi connectivity index (χ0n) is 10.6. The molecule has 5 N–H and O–H groups in total. The molecule has 0 atom stereocenters. The second kappa shape index (κ2) is 5.05. The average Bonchev–Trinajstić information content (AvgIpc) is 2.82. The molecule has 2 aromatic heterocycles. The van der Waals surface area contributed by atoms with E-state index in [-0.39, 0.29) is 5.54 Å². The van der Waals surface area contributed by atoms with Crippen LogP contribution in [0.1, 0.15) is 13.8 Å². The highest BCUT2D eigenvalue weighted by molar-refractivity contribution is 5.58. The van der Waals surface area contributed by atoms with Crippen molar-refractivity contribution in [3.8, 4) is 0 Å². The number of hydrogen-bond acceptors (Lipinski definition) is 5. The van der Waals surface area contributed by atoms with Crippen LogP contribution in [0.4, 0.5) is 17.3 Å². The number of aromatic amines is 1. The van der Waals surface area contributed by atoms with E-state index in [1.807, 2.05) is 38.4 Å². The van der Waals surface area contributed by atoms with E-state index in [0.29, 0.717) is 6.54 Å². The smallest absolute Gasteiger partial charge is 0.135 e. The Bertz CT molecular complexity index is 491. The van der Waals surface area contributed by atoms with Gasteiger partial charge in [-0.2, -0.15) is 0 Å². The summed E-state index contributed by atoms with van der Waals surface area (Å²) in [5.41, 5.74) is 6.44. The quantitative estimate of drug-likeness (QED) is 0.644. The number of aromatic nitrogens is 3. The summed E-state index contributed by atoms with van der Waals surface area (Å²) in [6.45, 7) is 4.57. The van der Waals surface area contributed by atoms with E-state index >= 15 is 0 Å². The summed E-state index contributed by atoms with van der Waals surface area (Å²) < 4.78 is 0. The third kappa shape index (κ3) is 3.21. The zero-order chi connectivity index (χ0) is 13.0. The van der Waals surface area contributed by atoms with Crippen molar-refractivity contribution in [2.75, 3.05) is 17.2 Å². The van der Waals surface area contributed by atoms with Crippen LogP contribution in [-0.2, 0) is 0 Å². The van der Waals surface area contributed by atoms with Gasteiger partial charge in [-0.3, -0.25) is 0 Å². The van der Waals surface area contributed by atoms with Crippen LogP contribution in [0, 0.1) is 0 Å². The normalized spacial score (nSPS) is 11.3. The molecule has 6 nitrogen and oxygen atoms in total. The third-order valence-electron chi connectivity index (χ3n) is 2.51. The standard InChI is InChI=1S/C12H18N6/c1-12(2,7-13)18-11-5-10(15-8-16-11)17-9-3-4-14-6-9/h3-6,8,14H,7,13H2,1-2H3,(H2,15,16,17,18). The van der Waals surface area contributed by atoms with Crippen LogP contribution in [-0.4, -0.2) is 27.0 Å². The average molecular weight is 246 g/mol. The van der Waals surface area contributed by atoms with Gasteiger partial charge < -0.3 is 21.4 Å². The summed E-state index contributed by atoms with van der Waals surface area (Å²) in [5, 5.41) is 6.44. The van der Waals surface area contributed by atoms with Gasteiger partial charge in [-0.25, -0.2) is 9.97 Å². The number of hydrogen-bond donors (Lipinski definition) is 4. The van der Waals surface area contributed by atoms with Gasteiger partial charge >= 0.3 is 0 Å². The second-order valence-electron chi connectivity index (χ2n) is 4.73. The minimum absolute atomic E-state index is 0.195. The van der Waals surface area contributed by atoms with E-state index < -0.39 is 0 Å². The van der Waals surface area contributed by atoms with E-state index in [1.54, 1.807) is 0 Å². The SMILES string of the molecule is CC(C)(CN)Nc1cc(Nc2cc[nH]c2)ncn1. The minimum Gasteiger partial charge on any atom is -0.366 e.